The molecule has 6 heteroatoms. The van der Waals surface area contributed by atoms with Crippen molar-refractivity contribution in [2.75, 3.05) is 0 Å². The highest BCUT2D eigenvalue weighted by Gasteiger charge is 2.29. The van der Waals surface area contributed by atoms with E-state index in [0.717, 1.165) is 40.6 Å². The van der Waals surface area contributed by atoms with Crippen LogP contribution in [0.3, 0.4) is 0 Å². The fraction of sp³-hybridized carbons (Fsp3) is 0.350. The lowest BCUT2D eigenvalue weighted by Crippen LogP contribution is -2.26. The molecule has 1 aliphatic rings. The van der Waals surface area contributed by atoms with Gasteiger partial charge in [-0.25, -0.2) is 14.8 Å². The van der Waals surface area contributed by atoms with Crippen LogP contribution in [-0.2, 0) is 4.74 Å². The van der Waals surface area contributed by atoms with Crippen LogP contribution in [0.15, 0.2) is 36.7 Å². The van der Waals surface area contributed by atoms with Gasteiger partial charge in [0.2, 0.25) is 5.28 Å². The Bertz CT molecular complexity index is 1000. The van der Waals surface area contributed by atoms with Crippen molar-refractivity contribution in [3.63, 3.8) is 0 Å². The SMILES string of the molecule is CC(C)(C)OC(=O)n1cc(-c2nc(Cl)ncc2C2CC2)c2ccccc21. The summed E-state index contributed by atoms with van der Waals surface area (Å²) in [5, 5.41) is 1.15. The first-order chi connectivity index (χ1) is 12.3. The molecule has 0 bridgehead atoms. The molecular weight excluding hydrogens is 350 g/mol. The van der Waals surface area contributed by atoms with E-state index in [9.17, 15) is 4.79 Å². The molecule has 0 amide bonds. The first-order valence-electron chi connectivity index (χ1n) is 8.70. The Morgan fingerprint density at radius 2 is 2.00 bits per heavy atom. The fourth-order valence-electron chi connectivity index (χ4n) is 3.11. The van der Waals surface area contributed by atoms with Gasteiger partial charge in [-0.05, 0) is 57.2 Å². The molecule has 0 aliphatic heterocycles. The monoisotopic (exact) mass is 369 g/mol. The Labute approximate surface area is 157 Å². The van der Waals surface area contributed by atoms with Crippen LogP contribution < -0.4 is 0 Å². The third-order valence-electron chi connectivity index (χ3n) is 4.36. The normalized spacial score (nSPS) is 14.6. The summed E-state index contributed by atoms with van der Waals surface area (Å²) in [6.07, 6.45) is 5.45. The Kier molecular flexibility index (Phi) is 3.99. The van der Waals surface area contributed by atoms with E-state index in [4.69, 9.17) is 16.3 Å². The van der Waals surface area contributed by atoms with E-state index in [2.05, 4.69) is 9.97 Å². The molecule has 134 valence electrons. The second kappa shape index (κ2) is 6.09. The summed E-state index contributed by atoms with van der Waals surface area (Å²) in [6.45, 7) is 5.56. The summed E-state index contributed by atoms with van der Waals surface area (Å²) in [4.78, 5) is 21.3. The van der Waals surface area contributed by atoms with E-state index >= 15 is 0 Å². The third kappa shape index (κ3) is 3.19. The lowest BCUT2D eigenvalue weighted by atomic mass is 10.0. The molecule has 3 aromatic rings. The molecule has 1 fully saturated rings. The number of hydrogen-bond acceptors (Lipinski definition) is 4. The highest BCUT2D eigenvalue weighted by molar-refractivity contribution is 6.28. The van der Waals surface area contributed by atoms with E-state index in [-0.39, 0.29) is 5.28 Å². The zero-order valence-corrected chi connectivity index (χ0v) is 15.7. The van der Waals surface area contributed by atoms with E-state index in [1.54, 1.807) is 10.8 Å². The van der Waals surface area contributed by atoms with Crippen molar-refractivity contribution in [3.8, 4) is 11.3 Å². The molecule has 0 atom stereocenters. The molecule has 0 N–H and O–H groups in total. The van der Waals surface area contributed by atoms with Gasteiger partial charge in [0.15, 0.2) is 0 Å². The highest BCUT2D eigenvalue weighted by Crippen LogP contribution is 2.45. The highest BCUT2D eigenvalue weighted by atomic mass is 35.5. The fourth-order valence-corrected chi connectivity index (χ4v) is 3.24. The predicted molar refractivity (Wildman–Crippen MR) is 102 cm³/mol. The van der Waals surface area contributed by atoms with E-state index in [1.165, 1.54) is 0 Å². The molecule has 5 nitrogen and oxygen atoms in total. The number of carbonyl (C=O) groups excluding carboxylic acids is 1. The molecule has 1 aliphatic carbocycles. The molecule has 0 spiro atoms. The minimum Gasteiger partial charge on any atom is -0.443 e. The minimum absolute atomic E-state index is 0.207. The second-order valence-electron chi connectivity index (χ2n) is 7.63. The quantitative estimate of drug-likeness (QED) is 0.566. The number of halogens is 1. The molecule has 0 saturated heterocycles. The Hall–Kier alpha value is -2.40. The van der Waals surface area contributed by atoms with Crippen molar-refractivity contribution < 1.29 is 9.53 Å². The number of hydrogen-bond donors (Lipinski definition) is 0. The molecule has 2 heterocycles. The molecule has 4 rings (SSSR count). The van der Waals surface area contributed by atoms with Crippen LogP contribution >= 0.6 is 11.6 Å². The lowest BCUT2D eigenvalue weighted by molar-refractivity contribution is 0.0544. The number of rotatable bonds is 2. The summed E-state index contributed by atoms with van der Waals surface area (Å²) >= 11 is 6.08. The summed E-state index contributed by atoms with van der Waals surface area (Å²) in [7, 11) is 0. The number of benzene rings is 1. The second-order valence-corrected chi connectivity index (χ2v) is 7.97. The van der Waals surface area contributed by atoms with Crippen LogP contribution in [0.4, 0.5) is 4.79 Å². The number of aromatic nitrogens is 3. The molecule has 1 aromatic carbocycles. The van der Waals surface area contributed by atoms with Gasteiger partial charge in [-0.1, -0.05) is 18.2 Å². The number of para-hydroxylation sites is 1. The van der Waals surface area contributed by atoms with Gasteiger partial charge >= 0.3 is 6.09 Å². The maximum Gasteiger partial charge on any atom is 0.419 e. The number of nitrogens with zero attached hydrogens (tertiary/aromatic N) is 3. The van der Waals surface area contributed by atoms with E-state index in [1.807, 2.05) is 51.2 Å². The maximum absolute atomic E-state index is 12.7. The van der Waals surface area contributed by atoms with Gasteiger partial charge in [-0.15, -0.1) is 0 Å². The van der Waals surface area contributed by atoms with Crippen molar-refractivity contribution in [1.82, 2.24) is 14.5 Å². The van der Waals surface area contributed by atoms with Gasteiger partial charge in [0.05, 0.1) is 11.2 Å². The van der Waals surface area contributed by atoms with Gasteiger partial charge in [0, 0.05) is 28.9 Å². The van der Waals surface area contributed by atoms with E-state index in [0.29, 0.717) is 5.92 Å². The zero-order valence-electron chi connectivity index (χ0n) is 15.0. The standard InChI is InChI=1S/C20H20ClN3O2/c1-20(2,3)26-19(25)24-11-15(13-6-4-5-7-16(13)24)17-14(12-8-9-12)10-22-18(21)23-17/h4-7,10-12H,8-9H2,1-3H3. The first-order valence-corrected chi connectivity index (χ1v) is 9.07. The first kappa shape index (κ1) is 17.0. The topological polar surface area (TPSA) is 57.0 Å². The van der Waals surface area contributed by atoms with Crippen LogP contribution in [0.2, 0.25) is 5.28 Å². The average molecular weight is 370 g/mol. The van der Waals surface area contributed by atoms with Crippen LogP contribution in [-0.4, -0.2) is 26.2 Å². The summed E-state index contributed by atoms with van der Waals surface area (Å²) in [5.74, 6) is 0.464. The van der Waals surface area contributed by atoms with Crippen molar-refractivity contribution in [2.24, 2.45) is 0 Å². The Balaban J connectivity index is 1.90. The molecule has 0 radical (unpaired) electrons. The smallest absolute Gasteiger partial charge is 0.419 e. The summed E-state index contributed by atoms with van der Waals surface area (Å²) in [5.41, 5.74) is 2.97. The number of carbonyl (C=O) groups is 1. The Morgan fingerprint density at radius 1 is 1.27 bits per heavy atom. The molecule has 1 saturated carbocycles. The van der Waals surface area contributed by atoms with Crippen LogP contribution in [0.1, 0.15) is 45.1 Å². The molecular formula is C20H20ClN3O2. The van der Waals surface area contributed by atoms with Crippen LogP contribution in [0.5, 0.6) is 0 Å². The minimum atomic E-state index is -0.569. The van der Waals surface area contributed by atoms with Gasteiger partial charge in [0.1, 0.15) is 5.60 Å². The third-order valence-corrected chi connectivity index (χ3v) is 4.54. The largest absolute Gasteiger partial charge is 0.443 e. The molecule has 2 aromatic heterocycles. The number of ether oxygens (including phenoxy) is 1. The zero-order chi connectivity index (χ0) is 18.5. The van der Waals surface area contributed by atoms with Crippen molar-refractivity contribution in [2.45, 2.75) is 45.1 Å². The van der Waals surface area contributed by atoms with Crippen LogP contribution in [0, 0.1) is 0 Å². The predicted octanol–water partition coefficient (Wildman–Crippen LogP) is 5.41. The van der Waals surface area contributed by atoms with Gasteiger partial charge in [-0.3, -0.25) is 4.57 Å². The lowest BCUT2D eigenvalue weighted by Gasteiger charge is -2.19. The molecule has 0 unspecified atom stereocenters. The Morgan fingerprint density at radius 3 is 2.69 bits per heavy atom. The average Bonchev–Trinajstić information content (AvgIpc) is 3.33. The number of fused-ring (bicyclic) bond motifs is 1. The van der Waals surface area contributed by atoms with Crippen LogP contribution in [0.25, 0.3) is 22.2 Å². The van der Waals surface area contributed by atoms with Crippen molar-refractivity contribution in [3.05, 3.63) is 47.5 Å². The molecule has 26 heavy (non-hydrogen) atoms. The van der Waals surface area contributed by atoms with Crippen molar-refractivity contribution in [1.29, 1.82) is 0 Å². The van der Waals surface area contributed by atoms with E-state index < -0.39 is 11.7 Å². The van der Waals surface area contributed by atoms with Gasteiger partial charge in [0.25, 0.3) is 0 Å². The van der Waals surface area contributed by atoms with Gasteiger partial charge < -0.3 is 4.74 Å². The summed E-state index contributed by atoms with van der Waals surface area (Å²) < 4.78 is 7.10. The maximum atomic E-state index is 12.7. The van der Waals surface area contributed by atoms with Crippen molar-refractivity contribution >= 4 is 28.6 Å². The van der Waals surface area contributed by atoms with Gasteiger partial charge in [-0.2, -0.15) is 0 Å². The summed E-state index contributed by atoms with van der Waals surface area (Å²) in [6, 6.07) is 7.74.